The number of halogens is 1. The molecule has 17 heavy (non-hydrogen) atoms. The van der Waals surface area contributed by atoms with Gasteiger partial charge < -0.3 is 5.73 Å². The molecule has 0 spiro atoms. The van der Waals surface area contributed by atoms with Crippen molar-refractivity contribution in [1.82, 2.24) is 4.98 Å². The fourth-order valence-electron chi connectivity index (χ4n) is 1.33. The van der Waals surface area contributed by atoms with Gasteiger partial charge in [0.25, 0.3) is 0 Å². The molecule has 0 bridgehead atoms. The van der Waals surface area contributed by atoms with Gasteiger partial charge in [-0.1, -0.05) is 35.5 Å². The zero-order valence-electron chi connectivity index (χ0n) is 8.85. The summed E-state index contributed by atoms with van der Waals surface area (Å²) < 4.78 is 0. The Balaban J connectivity index is 2.37. The lowest BCUT2D eigenvalue weighted by atomic mass is 10.2. The first-order chi connectivity index (χ1) is 8.18. The topological polar surface area (TPSA) is 62.8 Å². The summed E-state index contributed by atoms with van der Waals surface area (Å²) in [4.78, 5) is 5.79. The molecule has 0 aliphatic carbocycles. The Kier molecular flexibility index (Phi) is 3.66. The van der Waals surface area contributed by atoms with Crippen LogP contribution in [0.5, 0.6) is 0 Å². The summed E-state index contributed by atoms with van der Waals surface area (Å²) in [6, 6.07) is 9.26. The molecular formula is C12H10ClN3S. The van der Waals surface area contributed by atoms with Crippen molar-refractivity contribution in [3.63, 3.8) is 0 Å². The monoisotopic (exact) mass is 263 g/mol. The highest BCUT2D eigenvalue weighted by atomic mass is 35.5. The standard InChI is InChI=1S/C12H10ClN3S/c13-9-3-1-2-4-10(9)17-11-7-16-6-5-8(11)12(14)15/h1-7H,(H3,14,15). The fourth-order valence-corrected chi connectivity index (χ4v) is 2.53. The minimum absolute atomic E-state index is 0.0296. The van der Waals surface area contributed by atoms with E-state index in [2.05, 4.69) is 4.98 Å². The van der Waals surface area contributed by atoms with E-state index in [0.29, 0.717) is 10.6 Å². The Morgan fingerprint density at radius 3 is 2.71 bits per heavy atom. The van der Waals surface area contributed by atoms with Gasteiger partial charge in [-0.05, 0) is 18.2 Å². The predicted molar refractivity (Wildman–Crippen MR) is 70.8 cm³/mol. The molecule has 0 amide bonds. The molecule has 1 aromatic carbocycles. The Labute approximate surface area is 109 Å². The number of amidine groups is 1. The Bertz CT molecular complexity index is 557. The van der Waals surface area contributed by atoms with Crippen molar-refractivity contribution in [2.24, 2.45) is 5.73 Å². The van der Waals surface area contributed by atoms with Crippen LogP contribution >= 0.6 is 23.4 Å². The SMILES string of the molecule is N=C(N)c1ccncc1Sc1ccccc1Cl. The molecule has 0 unspecified atom stereocenters. The van der Waals surface area contributed by atoms with E-state index in [9.17, 15) is 0 Å². The molecule has 1 aromatic heterocycles. The van der Waals surface area contributed by atoms with Crippen LogP contribution in [-0.2, 0) is 0 Å². The van der Waals surface area contributed by atoms with Crippen molar-refractivity contribution in [2.75, 3.05) is 0 Å². The molecule has 3 N–H and O–H groups in total. The second kappa shape index (κ2) is 5.21. The quantitative estimate of drug-likeness (QED) is 0.660. The molecule has 0 saturated heterocycles. The average molecular weight is 264 g/mol. The number of hydrogen-bond donors (Lipinski definition) is 2. The lowest BCUT2D eigenvalue weighted by molar-refractivity contribution is 1.21. The number of nitrogens with two attached hydrogens (primary N) is 1. The van der Waals surface area contributed by atoms with Crippen LogP contribution in [0, 0.1) is 5.41 Å². The summed E-state index contributed by atoms with van der Waals surface area (Å²) in [6.07, 6.45) is 3.30. The van der Waals surface area contributed by atoms with Crippen LogP contribution in [-0.4, -0.2) is 10.8 Å². The van der Waals surface area contributed by atoms with Gasteiger partial charge in [0.15, 0.2) is 0 Å². The van der Waals surface area contributed by atoms with E-state index in [1.807, 2.05) is 24.3 Å². The maximum Gasteiger partial charge on any atom is 0.124 e. The van der Waals surface area contributed by atoms with Crippen LogP contribution in [0.15, 0.2) is 52.5 Å². The molecule has 0 saturated carbocycles. The van der Waals surface area contributed by atoms with Gasteiger partial charge in [-0.3, -0.25) is 10.4 Å². The molecule has 0 fully saturated rings. The van der Waals surface area contributed by atoms with Crippen molar-refractivity contribution >= 4 is 29.2 Å². The second-order valence-corrected chi connectivity index (χ2v) is 4.81. The average Bonchev–Trinajstić information content (AvgIpc) is 2.32. The van der Waals surface area contributed by atoms with Crippen molar-refractivity contribution in [2.45, 2.75) is 9.79 Å². The number of hydrogen-bond acceptors (Lipinski definition) is 3. The van der Waals surface area contributed by atoms with Crippen molar-refractivity contribution in [1.29, 1.82) is 5.41 Å². The first-order valence-electron chi connectivity index (χ1n) is 4.89. The lowest BCUT2D eigenvalue weighted by Crippen LogP contribution is -2.12. The first-order valence-corrected chi connectivity index (χ1v) is 6.08. The molecule has 0 aliphatic heterocycles. The summed E-state index contributed by atoms with van der Waals surface area (Å²) in [7, 11) is 0. The summed E-state index contributed by atoms with van der Waals surface area (Å²) in [6.45, 7) is 0. The molecule has 86 valence electrons. The molecule has 2 aromatic rings. The van der Waals surface area contributed by atoms with Crippen LogP contribution in [0.3, 0.4) is 0 Å². The molecule has 5 heteroatoms. The van der Waals surface area contributed by atoms with Gasteiger partial charge in [0, 0.05) is 27.7 Å². The molecular weight excluding hydrogens is 254 g/mol. The van der Waals surface area contributed by atoms with E-state index in [1.165, 1.54) is 11.8 Å². The Morgan fingerprint density at radius 1 is 1.24 bits per heavy atom. The van der Waals surface area contributed by atoms with E-state index < -0.39 is 0 Å². The van der Waals surface area contributed by atoms with Gasteiger partial charge >= 0.3 is 0 Å². The zero-order valence-corrected chi connectivity index (χ0v) is 10.4. The number of nitrogens with one attached hydrogen (secondary N) is 1. The second-order valence-electron chi connectivity index (χ2n) is 3.32. The summed E-state index contributed by atoms with van der Waals surface area (Å²) in [5, 5.41) is 8.18. The highest BCUT2D eigenvalue weighted by Gasteiger charge is 2.08. The maximum absolute atomic E-state index is 7.50. The van der Waals surface area contributed by atoms with E-state index in [1.54, 1.807) is 18.5 Å². The van der Waals surface area contributed by atoms with E-state index in [-0.39, 0.29) is 5.84 Å². The number of nitrogens with zero attached hydrogens (tertiary/aromatic N) is 1. The molecule has 0 radical (unpaired) electrons. The van der Waals surface area contributed by atoms with E-state index in [4.69, 9.17) is 22.7 Å². The Morgan fingerprint density at radius 2 is 2.00 bits per heavy atom. The van der Waals surface area contributed by atoms with Gasteiger partial charge in [-0.25, -0.2) is 0 Å². The largest absolute Gasteiger partial charge is 0.384 e. The maximum atomic E-state index is 7.50. The number of nitrogen functional groups attached to an aromatic ring is 1. The highest BCUT2D eigenvalue weighted by Crippen LogP contribution is 2.34. The molecule has 3 nitrogen and oxygen atoms in total. The normalized spacial score (nSPS) is 10.2. The third-order valence-corrected chi connectivity index (χ3v) is 3.69. The Hall–Kier alpha value is -1.52. The molecule has 0 aliphatic rings. The van der Waals surface area contributed by atoms with Gasteiger partial charge in [-0.2, -0.15) is 0 Å². The minimum Gasteiger partial charge on any atom is -0.384 e. The summed E-state index contributed by atoms with van der Waals surface area (Å²) >= 11 is 7.53. The van der Waals surface area contributed by atoms with Crippen molar-refractivity contribution < 1.29 is 0 Å². The third-order valence-electron chi connectivity index (χ3n) is 2.13. The van der Waals surface area contributed by atoms with E-state index in [0.717, 1.165) is 9.79 Å². The molecule has 2 rings (SSSR count). The predicted octanol–water partition coefficient (Wildman–Crippen LogP) is 3.17. The number of aromatic nitrogens is 1. The summed E-state index contributed by atoms with van der Waals surface area (Å²) in [5.74, 6) is 0.0296. The van der Waals surface area contributed by atoms with E-state index >= 15 is 0 Å². The summed E-state index contributed by atoms with van der Waals surface area (Å²) in [5.41, 5.74) is 6.19. The highest BCUT2D eigenvalue weighted by molar-refractivity contribution is 7.99. The molecule has 0 atom stereocenters. The van der Waals surface area contributed by atoms with Gasteiger partial charge in [0.05, 0.1) is 5.02 Å². The van der Waals surface area contributed by atoms with Crippen LogP contribution < -0.4 is 5.73 Å². The van der Waals surface area contributed by atoms with Crippen LogP contribution in [0.2, 0.25) is 5.02 Å². The van der Waals surface area contributed by atoms with Crippen LogP contribution in [0.25, 0.3) is 0 Å². The third kappa shape index (κ3) is 2.78. The number of benzene rings is 1. The number of rotatable bonds is 3. The van der Waals surface area contributed by atoms with Crippen LogP contribution in [0.4, 0.5) is 0 Å². The molecule has 1 heterocycles. The van der Waals surface area contributed by atoms with Crippen molar-refractivity contribution in [3.8, 4) is 0 Å². The fraction of sp³-hybridized carbons (Fsp3) is 0. The van der Waals surface area contributed by atoms with Gasteiger partial charge in [-0.15, -0.1) is 0 Å². The van der Waals surface area contributed by atoms with Crippen LogP contribution in [0.1, 0.15) is 5.56 Å². The smallest absolute Gasteiger partial charge is 0.124 e. The zero-order chi connectivity index (χ0) is 12.3. The number of pyridine rings is 1. The first kappa shape index (κ1) is 12.0. The van der Waals surface area contributed by atoms with Gasteiger partial charge in [0.2, 0.25) is 0 Å². The lowest BCUT2D eigenvalue weighted by Gasteiger charge is -2.07. The van der Waals surface area contributed by atoms with Gasteiger partial charge in [0.1, 0.15) is 5.84 Å². The minimum atomic E-state index is 0.0296. The van der Waals surface area contributed by atoms with Crippen molar-refractivity contribution in [3.05, 3.63) is 53.3 Å².